The monoisotopic (exact) mass is 244 g/mol. The van der Waals surface area contributed by atoms with Crippen molar-refractivity contribution in [2.45, 2.75) is 19.4 Å². The topological polar surface area (TPSA) is 80.9 Å². The summed E-state index contributed by atoms with van der Waals surface area (Å²) in [4.78, 5) is 15.1. The van der Waals surface area contributed by atoms with Gasteiger partial charge < -0.3 is 9.67 Å². The Kier molecular flexibility index (Phi) is 2.55. The van der Waals surface area contributed by atoms with Gasteiger partial charge in [-0.3, -0.25) is 9.78 Å². The zero-order chi connectivity index (χ0) is 12.5. The number of rotatable bonds is 2. The maximum Gasteiger partial charge on any atom is 0.308 e. The minimum Gasteiger partial charge on any atom is -0.481 e. The van der Waals surface area contributed by atoms with E-state index in [-0.39, 0.29) is 5.92 Å². The molecule has 0 aliphatic carbocycles. The SMILES string of the molecule is O=C(O)C1CCc2nnc(-c3cccnc3)n2C1. The number of nitrogens with zero attached hydrogens (tertiary/aromatic N) is 4. The molecule has 0 aromatic carbocycles. The summed E-state index contributed by atoms with van der Waals surface area (Å²) in [5.41, 5.74) is 0.863. The van der Waals surface area contributed by atoms with Crippen molar-refractivity contribution in [3.05, 3.63) is 30.4 Å². The molecule has 2 aromatic heterocycles. The lowest BCUT2D eigenvalue weighted by Gasteiger charge is -2.20. The first-order chi connectivity index (χ1) is 8.75. The molecule has 6 heteroatoms. The second kappa shape index (κ2) is 4.21. The molecule has 3 heterocycles. The van der Waals surface area contributed by atoms with Crippen LogP contribution in [0.2, 0.25) is 0 Å². The Hall–Kier alpha value is -2.24. The van der Waals surface area contributed by atoms with Gasteiger partial charge in [0.2, 0.25) is 0 Å². The number of carbonyl (C=O) groups is 1. The first kappa shape index (κ1) is 10.9. The molecular weight excluding hydrogens is 232 g/mol. The number of aryl methyl sites for hydroxylation is 1. The van der Waals surface area contributed by atoms with Crippen LogP contribution in [0.3, 0.4) is 0 Å². The van der Waals surface area contributed by atoms with Gasteiger partial charge in [-0.2, -0.15) is 0 Å². The Morgan fingerprint density at radius 3 is 3.06 bits per heavy atom. The molecule has 92 valence electrons. The third-order valence-corrected chi connectivity index (χ3v) is 3.22. The van der Waals surface area contributed by atoms with Crippen LogP contribution in [0.25, 0.3) is 11.4 Å². The number of fused-ring (bicyclic) bond motifs is 1. The number of aliphatic carboxylic acids is 1. The zero-order valence-corrected chi connectivity index (χ0v) is 9.65. The first-order valence-corrected chi connectivity index (χ1v) is 5.81. The molecule has 1 atom stereocenters. The Balaban J connectivity index is 2.00. The molecule has 0 radical (unpaired) electrons. The van der Waals surface area contributed by atoms with Crippen LogP contribution >= 0.6 is 0 Å². The van der Waals surface area contributed by atoms with Crippen molar-refractivity contribution in [3.8, 4) is 11.4 Å². The molecule has 1 aliphatic heterocycles. The van der Waals surface area contributed by atoms with Crippen molar-refractivity contribution in [3.63, 3.8) is 0 Å². The molecular formula is C12H12N4O2. The standard InChI is InChI=1S/C12H12N4O2/c17-12(18)9-3-4-10-14-15-11(16(10)7-9)8-2-1-5-13-6-8/h1-2,5-6,9H,3-4,7H2,(H,17,18). The number of carboxylic acid groups (broad SMARTS) is 1. The lowest BCUT2D eigenvalue weighted by Crippen LogP contribution is -2.27. The van der Waals surface area contributed by atoms with Gasteiger partial charge in [-0.05, 0) is 18.6 Å². The smallest absolute Gasteiger partial charge is 0.308 e. The average molecular weight is 244 g/mol. The summed E-state index contributed by atoms with van der Waals surface area (Å²) in [5, 5.41) is 17.4. The summed E-state index contributed by atoms with van der Waals surface area (Å²) in [6.45, 7) is 0.432. The normalized spacial score (nSPS) is 18.3. The van der Waals surface area contributed by atoms with E-state index < -0.39 is 5.97 Å². The van der Waals surface area contributed by atoms with Crippen molar-refractivity contribution in [1.29, 1.82) is 0 Å². The van der Waals surface area contributed by atoms with E-state index in [2.05, 4.69) is 15.2 Å². The van der Waals surface area contributed by atoms with Gasteiger partial charge in [-0.1, -0.05) is 0 Å². The second-order valence-electron chi connectivity index (χ2n) is 4.37. The molecule has 6 nitrogen and oxygen atoms in total. The van der Waals surface area contributed by atoms with E-state index in [9.17, 15) is 4.79 Å². The third kappa shape index (κ3) is 1.75. The largest absolute Gasteiger partial charge is 0.481 e. The van der Waals surface area contributed by atoms with Crippen molar-refractivity contribution in [2.24, 2.45) is 5.92 Å². The van der Waals surface area contributed by atoms with Crippen molar-refractivity contribution in [2.75, 3.05) is 0 Å². The molecule has 0 bridgehead atoms. The lowest BCUT2D eigenvalue weighted by molar-refractivity contribution is -0.142. The van der Waals surface area contributed by atoms with E-state index in [1.54, 1.807) is 12.4 Å². The molecule has 3 rings (SSSR count). The number of aromatic nitrogens is 4. The highest BCUT2D eigenvalue weighted by atomic mass is 16.4. The van der Waals surface area contributed by atoms with Crippen LogP contribution in [0.15, 0.2) is 24.5 Å². The van der Waals surface area contributed by atoms with Crippen LogP contribution < -0.4 is 0 Å². The van der Waals surface area contributed by atoms with Gasteiger partial charge >= 0.3 is 5.97 Å². The van der Waals surface area contributed by atoms with Gasteiger partial charge in [0.1, 0.15) is 5.82 Å². The number of hydrogen-bond donors (Lipinski definition) is 1. The van der Waals surface area contributed by atoms with Gasteiger partial charge in [0, 0.05) is 30.9 Å². The van der Waals surface area contributed by atoms with Crippen LogP contribution in [0.4, 0.5) is 0 Å². The zero-order valence-electron chi connectivity index (χ0n) is 9.65. The van der Waals surface area contributed by atoms with E-state index in [4.69, 9.17) is 5.11 Å². The Morgan fingerprint density at radius 1 is 1.44 bits per heavy atom. The molecule has 0 spiro atoms. The van der Waals surface area contributed by atoms with Crippen molar-refractivity contribution < 1.29 is 9.90 Å². The van der Waals surface area contributed by atoms with Crippen LogP contribution in [0.1, 0.15) is 12.2 Å². The van der Waals surface area contributed by atoms with E-state index >= 15 is 0 Å². The van der Waals surface area contributed by atoms with E-state index in [1.165, 1.54) is 0 Å². The fraction of sp³-hybridized carbons (Fsp3) is 0.333. The van der Waals surface area contributed by atoms with E-state index in [1.807, 2.05) is 16.7 Å². The summed E-state index contributed by atoms with van der Waals surface area (Å²) >= 11 is 0. The molecule has 0 fully saturated rings. The first-order valence-electron chi connectivity index (χ1n) is 5.81. The molecule has 1 unspecified atom stereocenters. The highest BCUT2D eigenvalue weighted by molar-refractivity contribution is 5.70. The summed E-state index contributed by atoms with van der Waals surface area (Å²) < 4.78 is 1.89. The van der Waals surface area contributed by atoms with Crippen LogP contribution in [-0.4, -0.2) is 30.8 Å². The molecule has 2 aromatic rings. The summed E-state index contributed by atoms with van der Waals surface area (Å²) in [5.74, 6) is 0.436. The van der Waals surface area contributed by atoms with Gasteiger partial charge in [0.25, 0.3) is 0 Å². The number of pyridine rings is 1. The molecule has 1 aliphatic rings. The van der Waals surface area contributed by atoms with Gasteiger partial charge in [-0.25, -0.2) is 0 Å². The molecule has 0 saturated carbocycles. The Bertz CT molecular complexity index is 579. The maximum absolute atomic E-state index is 11.1. The minimum atomic E-state index is -0.758. The summed E-state index contributed by atoms with van der Waals surface area (Å²) in [7, 11) is 0. The highest BCUT2D eigenvalue weighted by Gasteiger charge is 2.27. The van der Waals surface area contributed by atoms with Crippen LogP contribution in [-0.2, 0) is 17.8 Å². The summed E-state index contributed by atoms with van der Waals surface area (Å²) in [6, 6.07) is 3.73. The van der Waals surface area contributed by atoms with Crippen molar-refractivity contribution in [1.82, 2.24) is 19.7 Å². The van der Waals surface area contributed by atoms with E-state index in [0.717, 1.165) is 11.4 Å². The quantitative estimate of drug-likeness (QED) is 0.851. The fourth-order valence-electron chi connectivity index (χ4n) is 2.24. The molecule has 0 amide bonds. The third-order valence-electron chi connectivity index (χ3n) is 3.22. The molecule has 18 heavy (non-hydrogen) atoms. The van der Waals surface area contributed by atoms with Gasteiger partial charge in [0.15, 0.2) is 5.82 Å². The number of carboxylic acids is 1. The predicted molar refractivity (Wildman–Crippen MR) is 62.7 cm³/mol. The summed E-state index contributed by atoms with van der Waals surface area (Å²) in [6.07, 6.45) is 4.68. The van der Waals surface area contributed by atoms with Gasteiger partial charge in [0.05, 0.1) is 5.92 Å². The lowest BCUT2D eigenvalue weighted by atomic mass is 9.99. The average Bonchev–Trinajstić information content (AvgIpc) is 2.82. The minimum absolute atomic E-state index is 0.357. The molecule has 1 N–H and O–H groups in total. The second-order valence-corrected chi connectivity index (χ2v) is 4.37. The van der Waals surface area contributed by atoms with Gasteiger partial charge in [-0.15, -0.1) is 10.2 Å². The van der Waals surface area contributed by atoms with E-state index in [0.29, 0.717) is 25.2 Å². The van der Waals surface area contributed by atoms with Crippen molar-refractivity contribution >= 4 is 5.97 Å². The Morgan fingerprint density at radius 2 is 2.33 bits per heavy atom. The maximum atomic E-state index is 11.1. The highest BCUT2D eigenvalue weighted by Crippen LogP contribution is 2.25. The number of hydrogen-bond acceptors (Lipinski definition) is 4. The van der Waals surface area contributed by atoms with Crippen LogP contribution in [0, 0.1) is 5.92 Å². The van der Waals surface area contributed by atoms with Crippen LogP contribution in [0.5, 0.6) is 0 Å². The predicted octanol–water partition coefficient (Wildman–Crippen LogP) is 0.987. The Labute approximate surface area is 103 Å². The fourth-order valence-corrected chi connectivity index (χ4v) is 2.24. The molecule has 0 saturated heterocycles.